The van der Waals surface area contributed by atoms with Gasteiger partial charge in [0.25, 0.3) is 5.91 Å². The van der Waals surface area contributed by atoms with Crippen LogP contribution in [0.3, 0.4) is 0 Å². The van der Waals surface area contributed by atoms with Crippen LogP contribution in [-0.2, 0) is 10.2 Å². The van der Waals surface area contributed by atoms with E-state index in [2.05, 4.69) is 31.4 Å². The number of rotatable bonds is 6. The maximum atomic E-state index is 14.0. The van der Waals surface area contributed by atoms with E-state index in [1.165, 1.54) is 33.2 Å². The molecular formula is C21H21BrF3N3O3. The molecule has 0 saturated carbocycles. The molecule has 10 heteroatoms. The van der Waals surface area contributed by atoms with E-state index in [1.54, 1.807) is 30.3 Å². The van der Waals surface area contributed by atoms with Crippen LogP contribution in [0.25, 0.3) is 10.9 Å². The molecule has 0 saturated heterocycles. The first-order valence-corrected chi connectivity index (χ1v) is 10.0. The molecule has 0 aliphatic carbocycles. The van der Waals surface area contributed by atoms with Gasteiger partial charge in [-0.05, 0) is 35.2 Å². The van der Waals surface area contributed by atoms with Crippen molar-refractivity contribution in [1.29, 1.82) is 0 Å². The topological polar surface area (TPSA) is 87.2 Å². The van der Waals surface area contributed by atoms with Crippen molar-refractivity contribution < 1.29 is 27.8 Å². The molecule has 1 heterocycles. The second-order valence-electron chi connectivity index (χ2n) is 7.85. The zero-order valence-corrected chi connectivity index (χ0v) is 18.6. The van der Waals surface area contributed by atoms with Gasteiger partial charge in [0.1, 0.15) is 5.75 Å². The first-order valence-electron chi connectivity index (χ1n) is 9.26. The highest BCUT2D eigenvalue weighted by molar-refractivity contribution is 9.10. The highest BCUT2D eigenvalue weighted by Crippen LogP contribution is 2.44. The largest absolute Gasteiger partial charge is 0.496 e. The number of alkyl halides is 3. The Labute approximate surface area is 184 Å². The van der Waals surface area contributed by atoms with Gasteiger partial charge in [0.2, 0.25) is 5.60 Å². The zero-order chi connectivity index (χ0) is 23.0. The predicted octanol–water partition coefficient (Wildman–Crippen LogP) is 4.93. The molecule has 6 nitrogen and oxygen atoms in total. The summed E-state index contributed by atoms with van der Waals surface area (Å²) in [6, 6.07) is 9.53. The number of nitrogens with one attached hydrogen (secondary N) is 2. The van der Waals surface area contributed by atoms with E-state index in [1.807, 2.05) is 0 Å². The molecule has 0 aliphatic heterocycles. The van der Waals surface area contributed by atoms with E-state index < -0.39 is 29.5 Å². The van der Waals surface area contributed by atoms with E-state index in [9.17, 15) is 23.1 Å². The van der Waals surface area contributed by atoms with Crippen molar-refractivity contribution in [2.24, 2.45) is 0 Å². The van der Waals surface area contributed by atoms with Gasteiger partial charge in [0, 0.05) is 16.3 Å². The summed E-state index contributed by atoms with van der Waals surface area (Å²) in [5.41, 5.74) is -3.85. The molecule has 3 N–H and O–H groups in total. The molecule has 0 bridgehead atoms. The monoisotopic (exact) mass is 499 g/mol. The van der Waals surface area contributed by atoms with Gasteiger partial charge < -0.3 is 15.2 Å². The normalized spacial score (nSPS) is 14.3. The fraction of sp³-hybridized carbons (Fsp3) is 0.333. The highest BCUT2D eigenvalue weighted by Gasteiger charge is 2.61. The van der Waals surface area contributed by atoms with Gasteiger partial charge in [0.15, 0.2) is 0 Å². The van der Waals surface area contributed by atoms with E-state index in [4.69, 9.17) is 4.74 Å². The first kappa shape index (κ1) is 23.1. The molecular weight excluding hydrogens is 479 g/mol. The van der Waals surface area contributed by atoms with E-state index in [-0.39, 0.29) is 5.69 Å². The lowest BCUT2D eigenvalue weighted by Gasteiger charge is -2.37. The maximum absolute atomic E-state index is 14.0. The minimum absolute atomic E-state index is 0.109. The summed E-state index contributed by atoms with van der Waals surface area (Å²) in [6.07, 6.45) is -4.76. The lowest BCUT2D eigenvalue weighted by atomic mass is 9.74. The predicted molar refractivity (Wildman–Crippen MR) is 114 cm³/mol. The number of carbonyl (C=O) groups is 1. The molecule has 166 valence electrons. The molecule has 2 aromatic carbocycles. The number of fused-ring (bicyclic) bond motifs is 1. The molecule has 1 atom stereocenters. The Bertz CT molecular complexity index is 1110. The molecule has 0 aliphatic rings. The van der Waals surface area contributed by atoms with Gasteiger partial charge in [-0.1, -0.05) is 41.9 Å². The number of aromatic amines is 1. The van der Waals surface area contributed by atoms with Crippen molar-refractivity contribution >= 4 is 38.4 Å². The number of H-pyrrole nitrogens is 1. The molecule has 1 aromatic heterocycles. The lowest BCUT2D eigenvalue weighted by Crippen LogP contribution is -2.57. The Morgan fingerprint density at radius 1 is 1.26 bits per heavy atom. The number of aliphatic hydroxyl groups is 1. The van der Waals surface area contributed by atoms with Crippen LogP contribution >= 0.6 is 15.9 Å². The summed E-state index contributed by atoms with van der Waals surface area (Å²) in [5.74, 6) is -1.23. The SMILES string of the molecule is COc1cc(Br)ccc1C(C)(C)CC(O)(C(=O)Nc1cccc2[nH]ncc12)C(F)(F)F. The second-order valence-corrected chi connectivity index (χ2v) is 8.77. The van der Waals surface area contributed by atoms with Gasteiger partial charge in [-0.25, -0.2) is 0 Å². The van der Waals surface area contributed by atoms with Crippen molar-refractivity contribution in [2.75, 3.05) is 12.4 Å². The van der Waals surface area contributed by atoms with Crippen LogP contribution in [-0.4, -0.2) is 40.1 Å². The summed E-state index contributed by atoms with van der Waals surface area (Å²) in [5, 5.41) is 19.9. The molecule has 1 amide bonds. The Kier molecular flexibility index (Phi) is 6.07. The zero-order valence-electron chi connectivity index (χ0n) is 17.0. The third-order valence-corrected chi connectivity index (χ3v) is 5.66. The molecule has 1 unspecified atom stereocenters. The molecule has 31 heavy (non-hydrogen) atoms. The first-order chi connectivity index (χ1) is 14.4. The Hall–Kier alpha value is -2.59. The summed E-state index contributed by atoms with van der Waals surface area (Å²) >= 11 is 3.29. The number of aromatic nitrogens is 2. The average molecular weight is 500 g/mol. The molecule has 0 radical (unpaired) electrons. The Morgan fingerprint density at radius 2 is 1.97 bits per heavy atom. The van der Waals surface area contributed by atoms with Gasteiger partial charge >= 0.3 is 6.18 Å². The van der Waals surface area contributed by atoms with Gasteiger partial charge in [-0.15, -0.1) is 0 Å². The van der Waals surface area contributed by atoms with Crippen LogP contribution in [0.4, 0.5) is 18.9 Å². The number of hydrogen-bond acceptors (Lipinski definition) is 4. The summed E-state index contributed by atoms with van der Waals surface area (Å²) in [4.78, 5) is 12.8. The van der Waals surface area contributed by atoms with Crippen molar-refractivity contribution in [3.63, 3.8) is 0 Å². The summed E-state index contributed by atoms with van der Waals surface area (Å²) in [7, 11) is 1.40. The van der Waals surface area contributed by atoms with Gasteiger partial charge in [-0.3, -0.25) is 9.89 Å². The van der Waals surface area contributed by atoms with Crippen LogP contribution in [0.1, 0.15) is 25.8 Å². The maximum Gasteiger partial charge on any atom is 0.426 e. The smallest absolute Gasteiger partial charge is 0.426 e. The number of methoxy groups -OCH3 is 1. The van der Waals surface area contributed by atoms with Gasteiger partial charge in [0.05, 0.1) is 24.5 Å². The number of ether oxygens (including phenoxy) is 1. The van der Waals surface area contributed by atoms with Crippen LogP contribution < -0.4 is 10.1 Å². The quantitative estimate of drug-likeness (QED) is 0.448. The van der Waals surface area contributed by atoms with E-state index in [0.717, 1.165) is 0 Å². The van der Waals surface area contributed by atoms with Crippen molar-refractivity contribution in [1.82, 2.24) is 10.2 Å². The van der Waals surface area contributed by atoms with Crippen molar-refractivity contribution in [3.8, 4) is 5.75 Å². The Balaban J connectivity index is 1.99. The minimum atomic E-state index is -5.22. The number of halogens is 4. The van der Waals surface area contributed by atoms with Crippen LogP contribution in [0.5, 0.6) is 5.75 Å². The van der Waals surface area contributed by atoms with Crippen LogP contribution in [0.2, 0.25) is 0 Å². The highest BCUT2D eigenvalue weighted by atomic mass is 79.9. The molecule has 0 spiro atoms. The third kappa shape index (κ3) is 4.40. The van der Waals surface area contributed by atoms with Crippen LogP contribution in [0.15, 0.2) is 47.1 Å². The third-order valence-electron chi connectivity index (χ3n) is 5.17. The number of amides is 1. The number of carbonyl (C=O) groups excluding carboxylic acids is 1. The molecule has 3 aromatic rings. The number of benzene rings is 2. The number of anilines is 1. The average Bonchev–Trinajstić information content (AvgIpc) is 3.16. The van der Waals surface area contributed by atoms with Crippen molar-refractivity contribution in [3.05, 3.63) is 52.6 Å². The minimum Gasteiger partial charge on any atom is -0.496 e. The Morgan fingerprint density at radius 3 is 2.61 bits per heavy atom. The van der Waals surface area contributed by atoms with Crippen molar-refractivity contribution in [2.45, 2.75) is 37.5 Å². The van der Waals surface area contributed by atoms with E-state index >= 15 is 0 Å². The summed E-state index contributed by atoms with van der Waals surface area (Å²) in [6.45, 7) is 3.03. The second kappa shape index (κ2) is 8.16. The molecule has 3 rings (SSSR count). The number of nitrogens with zero attached hydrogens (tertiary/aromatic N) is 1. The molecule has 0 fully saturated rings. The fourth-order valence-corrected chi connectivity index (χ4v) is 3.91. The lowest BCUT2D eigenvalue weighted by molar-refractivity contribution is -0.254. The van der Waals surface area contributed by atoms with Crippen LogP contribution in [0, 0.1) is 0 Å². The van der Waals surface area contributed by atoms with E-state index in [0.29, 0.717) is 26.7 Å². The summed E-state index contributed by atoms with van der Waals surface area (Å²) < 4.78 is 48.1. The number of hydrogen-bond donors (Lipinski definition) is 3. The fourth-order valence-electron chi connectivity index (χ4n) is 3.57. The standard InChI is InChI=1S/C21H21BrF3N3O3/c1-19(2,14-8-7-12(22)9-17(14)31-3)11-20(30,21(23,24)25)18(29)27-15-5-4-6-16-13(15)10-26-28-16/h4-10,30H,11H2,1-3H3,(H,26,28)(H,27,29). The van der Waals surface area contributed by atoms with Gasteiger partial charge in [-0.2, -0.15) is 18.3 Å².